The van der Waals surface area contributed by atoms with Gasteiger partial charge in [-0.2, -0.15) is 13.2 Å². The molecule has 1 aliphatic heterocycles. The van der Waals surface area contributed by atoms with Crippen LogP contribution < -0.4 is 15.4 Å². The highest BCUT2D eigenvalue weighted by atomic mass is 19.4. The predicted molar refractivity (Wildman–Crippen MR) is 168 cm³/mol. The molecule has 0 unspecified atom stereocenters. The second kappa shape index (κ2) is 16.0. The summed E-state index contributed by atoms with van der Waals surface area (Å²) in [6, 6.07) is 2.27. The molecule has 1 aromatic carbocycles. The number of likely N-dealkylation sites (tertiary alicyclic amines) is 1. The smallest absolute Gasteiger partial charge is 0.419 e. The van der Waals surface area contributed by atoms with E-state index in [4.69, 9.17) is 4.74 Å². The van der Waals surface area contributed by atoms with E-state index in [9.17, 15) is 22.8 Å². The van der Waals surface area contributed by atoms with E-state index in [0.717, 1.165) is 57.5 Å². The number of methoxy groups -OCH3 is 1. The van der Waals surface area contributed by atoms with Crippen LogP contribution in [-0.4, -0.2) is 84.4 Å². The van der Waals surface area contributed by atoms with Crippen LogP contribution in [-0.2, 0) is 17.4 Å². The SMILES string of the molecule is CCN(CC)C(=O)CN[C@@H]1CCCC[C@H]1Cc1nc(Nc2cc(F)c(C(=O)CC3CCN(C)CC3)cc2OC)ncc1C(F)(F)F. The lowest BCUT2D eigenvalue weighted by atomic mass is 9.81. The molecular weight excluding hydrogens is 604 g/mol. The Balaban J connectivity index is 1.53. The van der Waals surface area contributed by atoms with Crippen LogP contribution in [0.3, 0.4) is 0 Å². The van der Waals surface area contributed by atoms with Gasteiger partial charge in [0.1, 0.15) is 11.6 Å². The van der Waals surface area contributed by atoms with Crippen LogP contribution >= 0.6 is 0 Å². The number of Topliss-reactive ketones (excluding diaryl/α,β-unsaturated/α-hetero) is 1. The van der Waals surface area contributed by atoms with E-state index >= 15 is 4.39 Å². The monoisotopic (exact) mass is 650 g/mol. The average Bonchev–Trinajstić information content (AvgIpc) is 3.02. The summed E-state index contributed by atoms with van der Waals surface area (Å²) in [7, 11) is 3.39. The molecule has 2 aliphatic rings. The second-order valence-electron chi connectivity index (χ2n) is 12.4. The van der Waals surface area contributed by atoms with Crippen LogP contribution in [0.4, 0.5) is 29.2 Å². The number of nitrogens with one attached hydrogen (secondary N) is 2. The van der Waals surface area contributed by atoms with E-state index < -0.39 is 17.6 Å². The molecule has 1 amide bonds. The number of ether oxygens (including phenoxy) is 1. The number of hydrogen-bond acceptors (Lipinski definition) is 8. The van der Waals surface area contributed by atoms with Gasteiger partial charge in [-0.1, -0.05) is 12.8 Å². The predicted octanol–water partition coefficient (Wildman–Crippen LogP) is 5.86. The first-order valence-corrected chi connectivity index (χ1v) is 16.2. The standard InChI is InChI=1S/C33H46F4N6O3/c1-5-43(6-2)31(45)20-38-26-10-8-7-9-22(26)16-27-24(33(35,36)37)19-39-32(40-27)41-28-18-25(34)23(17-30(28)46-4)29(44)15-21-11-13-42(3)14-12-21/h17-19,21-22,26,38H,5-16,20H2,1-4H3,(H,39,40,41)/t22-,26+/m0/s1. The molecule has 46 heavy (non-hydrogen) atoms. The van der Waals surface area contributed by atoms with Crippen molar-refractivity contribution in [2.75, 3.05) is 52.2 Å². The Morgan fingerprint density at radius 2 is 1.78 bits per heavy atom. The molecule has 1 saturated heterocycles. The molecule has 0 spiro atoms. The zero-order valence-corrected chi connectivity index (χ0v) is 27.2. The van der Waals surface area contributed by atoms with Crippen molar-refractivity contribution in [3.05, 3.63) is 41.0 Å². The van der Waals surface area contributed by atoms with Crippen LogP contribution in [0.1, 0.15) is 80.4 Å². The molecule has 2 N–H and O–H groups in total. The maximum atomic E-state index is 15.3. The summed E-state index contributed by atoms with van der Waals surface area (Å²) < 4.78 is 63.0. The van der Waals surface area contributed by atoms with Crippen LogP contribution in [0.15, 0.2) is 18.3 Å². The fraction of sp³-hybridized carbons (Fsp3) is 0.636. The minimum Gasteiger partial charge on any atom is -0.495 e. The number of benzene rings is 1. The van der Waals surface area contributed by atoms with Gasteiger partial charge in [-0.05, 0) is 84.0 Å². The fourth-order valence-electron chi connectivity index (χ4n) is 6.54. The van der Waals surface area contributed by atoms with E-state index in [-0.39, 0.29) is 77.6 Å². The highest BCUT2D eigenvalue weighted by Crippen LogP contribution is 2.36. The Hall–Kier alpha value is -3.32. The van der Waals surface area contributed by atoms with Gasteiger partial charge in [-0.3, -0.25) is 9.59 Å². The molecule has 13 heteroatoms. The molecular formula is C33H46F4N6O3. The normalized spacial score (nSPS) is 19.6. The molecule has 1 saturated carbocycles. The quantitative estimate of drug-likeness (QED) is 0.206. The molecule has 2 heterocycles. The van der Waals surface area contributed by atoms with Gasteiger partial charge in [0.2, 0.25) is 11.9 Å². The number of nitrogens with zero attached hydrogens (tertiary/aromatic N) is 4. The molecule has 1 aliphatic carbocycles. The van der Waals surface area contributed by atoms with Crippen LogP contribution in [0.2, 0.25) is 0 Å². The Bertz CT molecular complexity index is 1350. The molecule has 9 nitrogen and oxygen atoms in total. The average molecular weight is 651 g/mol. The second-order valence-corrected chi connectivity index (χ2v) is 12.4. The van der Waals surface area contributed by atoms with Gasteiger partial charge in [0.05, 0.1) is 36.2 Å². The maximum absolute atomic E-state index is 15.3. The Morgan fingerprint density at radius 1 is 1.09 bits per heavy atom. The van der Waals surface area contributed by atoms with Crippen molar-refractivity contribution >= 4 is 23.3 Å². The lowest BCUT2D eigenvalue weighted by molar-refractivity contribution is -0.138. The number of likely N-dealkylation sites (N-methyl/N-ethyl adjacent to an activating group) is 1. The van der Waals surface area contributed by atoms with Crippen molar-refractivity contribution in [3.63, 3.8) is 0 Å². The molecule has 1 aromatic heterocycles. The number of hydrogen-bond donors (Lipinski definition) is 2. The highest BCUT2D eigenvalue weighted by Gasteiger charge is 2.37. The summed E-state index contributed by atoms with van der Waals surface area (Å²) in [5, 5.41) is 6.11. The van der Waals surface area contributed by atoms with Crippen molar-refractivity contribution in [1.82, 2.24) is 25.1 Å². The van der Waals surface area contributed by atoms with Gasteiger partial charge in [-0.15, -0.1) is 0 Å². The number of anilines is 2. The van der Waals surface area contributed by atoms with E-state index in [1.165, 1.54) is 13.2 Å². The molecule has 2 fully saturated rings. The van der Waals surface area contributed by atoms with Crippen molar-refractivity contribution in [3.8, 4) is 5.75 Å². The van der Waals surface area contributed by atoms with Crippen LogP contribution in [0, 0.1) is 17.7 Å². The third kappa shape index (κ3) is 9.15. The Labute approximate surface area is 268 Å². The summed E-state index contributed by atoms with van der Waals surface area (Å²) in [6.45, 7) is 6.86. The van der Waals surface area contributed by atoms with Crippen molar-refractivity contribution < 1.29 is 31.9 Å². The third-order valence-electron chi connectivity index (χ3n) is 9.32. The first-order valence-electron chi connectivity index (χ1n) is 16.2. The zero-order valence-electron chi connectivity index (χ0n) is 27.2. The van der Waals surface area contributed by atoms with Crippen molar-refractivity contribution in [2.45, 2.75) is 77.4 Å². The van der Waals surface area contributed by atoms with Crippen LogP contribution in [0.5, 0.6) is 5.75 Å². The number of carbonyl (C=O) groups excluding carboxylic acids is 2. The molecule has 0 radical (unpaired) electrons. The van der Waals surface area contributed by atoms with E-state index in [0.29, 0.717) is 19.5 Å². The Morgan fingerprint density at radius 3 is 2.43 bits per heavy atom. The minimum absolute atomic E-state index is 0.0268. The summed E-state index contributed by atoms with van der Waals surface area (Å²) in [5.41, 5.74) is -1.11. The van der Waals surface area contributed by atoms with Gasteiger partial charge < -0.3 is 25.2 Å². The van der Waals surface area contributed by atoms with Crippen molar-refractivity contribution in [2.24, 2.45) is 11.8 Å². The summed E-state index contributed by atoms with van der Waals surface area (Å²) >= 11 is 0. The van der Waals surface area contributed by atoms with Crippen LogP contribution in [0.25, 0.3) is 0 Å². The lowest BCUT2D eigenvalue weighted by Crippen LogP contribution is -2.46. The van der Waals surface area contributed by atoms with Gasteiger partial charge >= 0.3 is 6.18 Å². The minimum atomic E-state index is -4.68. The fourth-order valence-corrected chi connectivity index (χ4v) is 6.54. The van der Waals surface area contributed by atoms with Gasteiger partial charge in [0.25, 0.3) is 0 Å². The highest BCUT2D eigenvalue weighted by molar-refractivity contribution is 5.97. The van der Waals surface area contributed by atoms with E-state index in [1.54, 1.807) is 4.90 Å². The van der Waals surface area contributed by atoms with Gasteiger partial charge in [-0.25, -0.2) is 14.4 Å². The maximum Gasteiger partial charge on any atom is 0.419 e. The first kappa shape index (κ1) is 35.5. The molecule has 2 atom stereocenters. The number of carbonyl (C=O) groups is 2. The van der Waals surface area contributed by atoms with E-state index in [2.05, 4.69) is 25.5 Å². The number of rotatable bonds is 13. The third-order valence-corrected chi connectivity index (χ3v) is 9.32. The molecule has 254 valence electrons. The number of aromatic nitrogens is 2. The molecule has 0 bridgehead atoms. The Kier molecular flexibility index (Phi) is 12.4. The summed E-state index contributed by atoms with van der Waals surface area (Å²) in [4.78, 5) is 37.7. The first-order chi connectivity index (χ1) is 21.9. The molecule has 2 aromatic rings. The zero-order chi connectivity index (χ0) is 33.4. The van der Waals surface area contributed by atoms with Crippen molar-refractivity contribution in [1.29, 1.82) is 0 Å². The number of halogens is 4. The number of piperidine rings is 1. The molecule has 4 rings (SSSR count). The number of amides is 1. The van der Waals surface area contributed by atoms with Gasteiger partial charge in [0.15, 0.2) is 5.78 Å². The van der Waals surface area contributed by atoms with E-state index in [1.807, 2.05) is 20.9 Å². The number of ketones is 1. The van der Waals surface area contributed by atoms with Gasteiger partial charge in [0, 0.05) is 37.8 Å². The topological polar surface area (TPSA) is 99.7 Å². The number of alkyl halides is 3. The largest absolute Gasteiger partial charge is 0.495 e. The summed E-state index contributed by atoms with van der Waals surface area (Å²) in [5.74, 6) is -1.13. The summed E-state index contributed by atoms with van der Waals surface area (Å²) in [6.07, 6.45) is 1.25. The lowest BCUT2D eigenvalue weighted by Gasteiger charge is -2.33.